The third kappa shape index (κ3) is 4.04. The van der Waals surface area contributed by atoms with E-state index in [2.05, 4.69) is 40.4 Å². The SMILES string of the molecule is COCCOc1ccc2ccc(-c3nnc4ccc([C@H](C)N5CC[C@H](N)C5)cn34)nc2c1. The normalized spacial score (nSPS) is 17.9. The average Bonchev–Trinajstić information content (AvgIpc) is 3.44. The summed E-state index contributed by atoms with van der Waals surface area (Å²) in [7, 11) is 1.66. The molecule has 8 nitrogen and oxygen atoms in total. The van der Waals surface area contributed by atoms with Gasteiger partial charge in [0, 0.05) is 49.9 Å². The van der Waals surface area contributed by atoms with Crippen molar-refractivity contribution in [2.24, 2.45) is 5.73 Å². The molecule has 2 N–H and O–H groups in total. The molecule has 1 aliphatic heterocycles. The van der Waals surface area contributed by atoms with Crippen LogP contribution in [-0.4, -0.2) is 63.9 Å². The van der Waals surface area contributed by atoms with E-state index in [4.69, 9.17) is 20.2 Å². The predicted molar refractivity (Wildman–Crippen MR) is 124 cm³/mol. The fourth-order valence-electron chi connectivity index (χ4n) is 4.26. The van der Waals surface area contributed by atoms with Crippen LogP contribution < -0.4 is 10.5 Å². The highest BCUT2D eigenvalue weighted by Gasteiger charge is 2.25. The molecule has 4 aromatic rings. The van der Waals surface area contributed by atoms with E-state index in [-0.39, 0.29) is 12.1 Å². The molecule has 0 saturated carbocycles. The molecule has 0 spiro atoms. The maximum Gasteiger partial charge on any atom is 0.187 e. The van der Waals surface area contributed by atoms with Crippen molar-refractivity contribution in [3.63, 3.8) is 0 Å². The van der Waals surface area contributed by atoms with Gasteiger partial charge in [-0.15, -0.1) is 10.2 Å². The smallest absolute Gasteiger partial charge is 0.187 e. The molecule has 0 bridgehead atoms. The van der Waals surface area contributed by atoms with Gasteiger partial charge in [-0.25, -0.2) is 4.98 Å². The van der Waals surface area contributed by atoms with Crippen LogP contribution in [0.3, 0.4) is 0 Å². The summed E-state index contributed by atoms with van der Waals surface area (Å²) < 4.78 is 12.8. The highest BCUT2D eigenvalue weighted by Crippen LogP contribution is 2.27. The topological polar surface area (TPSA) is 90.8 Å². The third-order valence-electron chi connectivity index (χ3n) is 6.16. The first-order valence-electron chi connectivity index (χ1n) is 11.0. The summed E-state index contributed by atoms with van der Waals surface area (Å²) in [6, 6.07) is 14.6. The lowest BCUT2D eigenvalue weighted by molar-refractivity contribution is 0.146. The zero-order chi connectivity index (χ0) is 22.1. The number of benzene rings is 1. The zero-order valence-corrected chi connectivity index (χ0v) is 18.4. The first-order valence-corrected chi connectivity index (χ1v) is 11.0. The van der Waals surface area contributed by atoms with Gasteiger partial charge >= 0.3 is 0 Å². The van der Waals surface area contributed by atoms with Crippen molar-refractivity contribution in [3.8, 4) is 17.3 Å². The molecule has 4 heterocycles. The Bertz CT molecular complexity index is 1240. The number of aromatic nitrogens is 4. The Kier molecular flexibility index (Phi) is 5.73. The zero-order valence-electron chi connectivity index (χ0n) is 18.4. The van der Waals surface area contributed by atoms with Gasteiger partial charge in [0.15, 0.2) is 11.5 Å². The van der Waals surface area contributed by atoms with Crippen LogP contribution in [0.4, 0.5) is 0 Å². The van der Waals surface area contributed by atoms with Crippen molar-refractivity contribution in [2.45, 2.75) is 25.4 Å². The van der Waals surface area contributed by atoms with Gasteiger partial charge in [-0.05, 0) is 43.2 Å². The molecular formula is C24H28N6O2. The number of fused-ring (bicyclic) bond motifs is 2. The molecule has 5 rings (SSSR count). The van der Waals surface area contributed by atoms with Gasteiger partial charge < -0.3 is 15.2 Å². The monoisotopic (exact) mass is 432 g/mol. The van der Waals surface area contributed by atoms with E-state index in [1.165, 1.54) is 5.56 Å². The van der Waals surface area contributed by atoms with Gasteiger partial charge in [-0.2, -0.15) is 0 Å². The Morgan fingerprint density at radius 1 is 1.12 bits per heavy atom. The van der Waals surface area contributed by atoms with Crippen LogP contribution in [0.25, 0.3) is 28.1 Å². The second-order valence-corrected chi connectivity index (χ2v) is 8.33. The Labute approximate surface area is 187 Å². The minimum absolute atomic E-state index is 0.261. The number of hydrogen-bond donors (Lipinski definition) is 1. The average molecular weight is 433 g/mol. The number of nitrogens with two attached hydrogens (primary N) is 1. The second-order valence-electron chi connectivity index (χ2n) is 8.33. The molecule has 0 aliphatic carbocycles. The first kappa shape index (κ1) is 20.8. The first-order chi connectivity index (χ1) is 15.6. The van der Waals surface area contributed by atoms with Gasteiger partial charge in [0.25, 0.3) is 0 Å². The number of pyridine rings is 2. The van der Waals surface area contributed by atoms with Crippen molar-refractivity contribution < 1.29 is 9.47 Å². The molecule has 3 aromatic heterocycles. The molecule has 0 amide bonds. The third-order valence-corrected chi connectivity index (χ3v) is 6.16. The lowest BCUT2D eigenvalue weighted by Crippen LogP contribution is -2.28. The summed E-state index contributed by atoms with van der Waals surface area (Å²) in [5, 5.41) is 9.83. The molecule has 1 aliphatic rings. The largest absolute Gasteiger partial charge is 0.491 e. The lowest BCUT2D eigenvalue weighted by Gasteiger charge is -2.24. The van der Waals surface area contributed by atoms with Crippen LogP contribution in [0, 0.1) is 0 Å². The van der Waals surface area contributed by atoms with Crippen molar-refractivity contribution in [2.75, 3.05) is 33.4 Å². The van der Waals surface area contributed by atoms with E-state index in [0.717, 1.165) is 53.3 Å². The summed E-state index contributed by atoms with van der Waals surface area (Å²) >= 11 is 0. The quantitative estimate of drug-likeness (QED) is 0.449. The van der Waals surface area contributed by atoms with Crippen molar-refractivity contribution in [3.05, 3.63) is 54.2 Å². The van der Waals surface area contributed by atoms with Crippen molar-refractivity contribution in [1.29, 1.82) is 0 Å². The Morgan fingerprint density at radius 2 is 2.00 bits per heavy atom. The number of nitrogens with zero attached hydrogens (tertiary/aromatic N) is 5. The maximum atomic E-state index is 6.11. The molecule has 32 heavy (non-hydrogen) atoms. The number of ether oxygens (including phenoxy) is 2. The molecule has 1 fully saturated rings. The number of methoxy groups -OCH3 is 1. The van der Waals surface area contributed by atoms with Gasteiger partial charge in [0.2, 0.25) is 0 Å². The summed E-state index contributed by atoms with van der Waals surface area (Å²) in [5.41, 5.74) is 9.75. The second kappa shape index (κ2) is 8.82. The summed E-state index contributed by atoms with van der Waals surface area (Å²) in [4.78, 5) is 7.28. The maximum absolute atomic E-state index is 6.11. The predicted octanol–water partition coefficient (Wildman–Crippen LogP) is 3.06. The molecule has 2 atom stereocenters. The fraction of sp³-hybridized carbons (Fsp3) is 0.375. The molecule has 1 saturated heterocycles. The lowest BCUT2D eigenvalue weighted by atomic mass is 10.1. The standard InChI is InChI=1S/C24H28N6O2/c1-16(29-10-9-19(25)15-29)18-5-8-23-27-28-24(30(23)14-18)21-7-4-17-3-6-20(13-22(17)26-21)32-12-11-31-2/h3-8,13-14,16,19H,9-12,15,25H2,1-2H3/t16-,19-/m0/s1. The minimum atomic E-state index is 0.261. The van der Waals surface area contributed by atoms with Crippen LogP contribution >= 0.6 is 0 Å². The van der Waals surface area contributed by atoms with Crippen molar-refractivity contribution in [1.82, 2.24) is 24.5 Å². The molecular weight excluding hydrogens is 404 g/mol. The van der Waals surface area contributed by atoms with E-state index in [9.17, 15) is 0 Å². The van der Waals surface area contributed by atoms with Gasteiger partial charge in [0.05, 0.1) is 12.1 Å². The van der Waals surface area contributed by atoms with Crippen LogP contribution in [0.5, 0.6) is 5.75 Å². The molecule has 0 unspecified atom stereocenters. The van der Waals surface area contributed by atoms with Crippen LogP contribution in [0.2, 0.25) is 0 Å². The summed E-state index contributed by atoms with van der Waals surface area (Å²) in [6.07, 6.45) is 3.16. The number of rotatable bonds is 7. The van der Waals surface area contributed by atoms with E-state index < -0.39 is 0 Å². The summed E-state index contributed by atoms with van der Waals surface area (Å²) in [5.74, 6) is 1.49. The molecule has 1 aromatic carbocycles. The van der Waals surface area contributed by atoms with Gasteiger partial charge in [-0.3, -0.25) is 9.30 Å². The Hall–Kier alpha value is -3.07. The van der Waals surface area contributed by atoms with Crippen LogP contribution in [-0.2, 0) is 4.74 Å². The Morgan fingerprint density at radius 3 is 2.81 bits per heavy atom. The van der Waals surface area contributed by atoms with Gasteiger partial charge in [0.1, 0.15) is 18.1 Å². The van der Waals surface area contributed by atoms with E-state index in [1.807, 2.05) is 34.7 Å². The highest BCUT2D eigenvalue weighted by atomic mass is 16.5. The summed E-state index contributed by atoms with van der Waals surface area (Å²) in [6.45, 7) is 5.22. The van der Waals surface area contributed by atoms with E-state index in [0.29, 0.717) is 13.2 Å². The number of hydrogen-bond acceptors (Lipinski definition) is 7. The fourth-order valence-corrected chi connectivity index (χ4v) is 4.26. The highest BCUT2D eigenvalue weighted by molar-refractivity contribution is 5.82. The van der Waals surface area contributed by atoms with Crippen LogP contribution in [0.1, 0.15) is 24.9 Å². The van der Waals surface area contributed by atoms with E-state index in [1.54, 1.807) is 7.11 Å². The molecule has 166 valence electrons. The molecule has 0 radical (unpaired) electrons. The minimum Gasteiger partial charge on any atom is -0.491 e. The number of likely N-dealkylation sites (tertiary alicyclic amines) is 1. The van der Waals surface area contributed by atoms with Gasteiger partial charge in [-0.1, -0.05) is 12.1 Å². The van der Waals surface area contributed by atoms with Crippen LogP contribution in [0.15, 0.2) is 48.7 Å². The van der Waals surface area contributed by atoms with E-state index >= 15 is 0 Å². The molecule has 8 heteroatoms. The van der Waals surface area contributed by atoms with Crippen molar-refractivity contribution >= 4 is 16.6 Å². The Balaban J connectivity index is 1.48.